The maximum atomic E-state index is 13.5. The fourth-order valence-corrected chi connectivity index (χ4v) is 7.92. The van der Waals surface area contributed by atoms with Gasteiger partial charge < -0.3 is 51.3 Å². The summed E-state index contributed by atoms with van der Waals surface area (Å²) in [7, 11) is 2.98. The van der Waals surface area contributed by atoms with Gasteiger partial charge in [-0.15, -0.1) is 5.10 Å². The van der Waals surface area contributed by atoms with E-state index in [9.17, 15) is 14.4 Å². The van der Waals surface area contributed by atoms with Crippen LogP contribution in [0, 0.1) is 6.92 Å². The van der Waals surface area contributed by atoms with Gasteiger partial charge in [0.15, 0.2) is 5.76 Å². The quantitative estimate of drug-likeness (QED) is 0.0395. The Balaban J connectivity index is 0.00000247. The second-order valence-electron chi connectivity index (χ2n) is 16.0. The van der Waals surface area contributed by atoms with Crippen LogP contribution in [0.1, 0.15) is 70.0 Å². The molecule has 0 bridgehead atoms. The number of methoxy groups -OCH3 is 2. The van der Waals surface area contributed by atoms with Crippen LogP contribution in [0.25, 0.3) is 28.5 Å². The Labute approximate surface area is 417 Å². The van der Waals surface area contributed by atoms with E-state index in [1.807, 2.05) is 19.1 Å². The molecule has 1 aliphatic heterocycles. The zero-order valence-corrected chi connectivity index (χ0v) is 40.4. The molecule has 0 atom stereocenters. The van der Waals surface area contributed by atoms with Crippen molar-refractivity contribution in [1.82, 2.24) is 60.0 Å². The van der Waals surface area contributed by atoms with E-state index in [-0.39, 0.29) is 59.0 Å². The molecule has 7 aromatic rings. The number of aromatic nitrogens is 9. The smallest absolute Gasteiger partial charge is 0.293 e. The topological polar surface area (TPSA) is 317 Å². The monoisotopic (exact) mass is 1000 g/mol. The van der Waals surface area contributed by atoms with Gasteiger partial charge in [0.2, 0.25) is 47.0 Å². The number of nitrogens with two attached hydrogens (primary N) is 1. The summed E-state index contributed by atoms with van der Waals surface area (Å²) in [5.74, 6) is 0.650. The third-order valence-electron chi connectivity index (χ3n) is 11.2. The molecule has 0 spiro atoms. The van der Waals surface area contributed by atoms with Gasteiger partial charge in [-0.05, 0) is 74.7 Å². The number of furan rings is 1. The fourth-order valence-electron chi connectivity index (χ4n) is 7.64. The minimum atomic E-state index is -0.553. The number of hydrogen-bond acceptors (Lipinski definition) is 19. The molecular formula is C47H53ClN16O8. The Morgan fingerprint density at radius 1 is 0.833 bits per heavy atom. The third kappa shape index (κ3) is 13.1. The summed E-state index contributed by atoms with van der Waals surface area (Å²) in [4.78, 5) is 80.4. The van der Waals surface area contributed by atoms with Crippen molar-refractivity contribution in [3.05, 3.63) is 101 Å². The van der Waals surface area contributed by atoms with Crippen LogP contribution in [0.2, 0.25) is 5.02 Å². The maximum absolute atomic E-state index is 13.5. The molecule has 1 fully saturated rings. The van der Waals surface area contributed by atoms with E-state index >= 15 is 0 Å². The van der Waals surface area contributed by atoms with Gasteiger partial charge in [0, 0.05) is 73.9 Å². The van der Waals surface area contributed by atoms with Crippen molar-refractivity contribution < 1.29 is 38.2 Å². The third-order valence-corrected chi connectivity index (χ3v) is 11.6. The number of anilines is 4. The number of rotatable bonds is 20. The number of nitrogens with zero attached hydrogens (tertiary/aromatic N) is 10. The molecule has 0 radical (unpaired) electrons. The predicted octanol–water partition coefficient (Wildman–Crippen LogP) is 4.88. The molecule has 1 aliphatic rings. The Morgan fingerprint density at radius 2 is 1.50 bits per heavy atom. The highest BCUT2D eigenvalue weighted by atomic mass is 35.5. The summed E-state index contributed by atoms with van der Waals surface area (Å²) in [5, 5.41) is 26.4. The molecule has 0 unspecified atom stereocenters. The van der Waals surface area contributed by atoms with E-state index < -0.39 is 11.8 Å². The van der Waals surface area contributed by atoms with Gasteiger partial charge in [-0.1, -0.05) is 42.3 Å². The van der Waals surface area contributed by atoms with Crippen LogP contribution in [0.4, 0.5) is 23.3 Å². The van der Waals surface area contributed by atoms with E-state index in [2.05, 4.69) is 71.5 Å². The maximum Gasteiger partial charge on any atom is 0.293 e. The number of benzene rings is 2. The van der Waals surface area contributed by atoms with Crippen molar-refractivity contribution in [3.8, 4) is 34.5 Å². The second-order valence-corrected chi connectivity index (χ2v) is 16.4. The number of fused-ring (bicyclic) bond motifs is 1. The highest BCUT2D eigenvalue weighted by Crippen LogP contribution is 2.38. The molecular weight excluding hydrogens is 952 g/mol. The van der Waals surface area contributed by atoms with Crippen molar-refractivity contribution in [2.45, 2.75) is 52.1 Å². The number of piperidine rings is 1. The fraction of sp³-hybridized carbons (Fsp3) is 0.319. The lowest BCUT2D eigenvalue weighted by Crippen LogP contribution is -2.32. The molecule has 8 rings (SSSR count). The molecule has 6 heterocycles. The van der Waals surface area contributed by atoms with E-state index in [0.29, 0.717) is 84.7 Å². The van der Waals surface area contributed by atoms with Crippen molar-refractivity contribution in [2.24, 2.45) is 0 Å². The normalized spacial score (nSPS) is 12.3. The molecule has 8 N–H and O–H groups in total. The van der Waals surface area contributed by atoms with Gasteiger partial charge in [-0.3, -0.25) is 24.1 Å². The molecule has 0 saturated carbocycles. The van der Waals surface area contributed by atoms with Gasteiger partial charge in [0.05, 0.1) is 31.2 Å². The lowest BCUT2D eigenvalue weighted by Gasteiger charge is -2.26. The molecule has 24 nitrogen and oxygen atoms in total. The Bertz CT molecular complexity index is 3000. The number of carboxylic acid groups (broad SMARTS) is 1. The van der Waals surface area contributed by atoms with Crippen molar-refractivity contribution >= 4 is 64.8 Å². The Kier molecular flexibility index (Phi) is 17.9. The summed E-state index contributed by atoms with van der Waals surface area (Å²) in [5.41, 5.74) is 10.4. The van der Waals surface area contributed by atoms with Crippen molar-refractivity contribution in [3.63, 3.8) is 0 Å². The van der Waals surface area contributed by atoms with Crippen molar-refractivity contribution in [2.75, 3.05) is 68.6 Å². The van der Waals surface area contributed by atoms with Gasteiger partial charge >= 0.3 is 0 Å². The summed E-state index contributed by atoms with van der Waals surface area (Å²) in [6, 6.07) is 14.2. The SMILES string of the molecule is COc1nc(C(=O)Nc2cccc(-c3cccc(NC(=O)c4ncc(CN5CCCCC5)c(OC)n4)c3Cl)c2C)ncc1CNCCNC(=O)CCCNc1nc(N)n2nc(-c3ccco3)nc2n1.O=CO. The molecule has 0 aliphatic carbocycles. The molecule has 2 aromatic carbocycles. The van der Waals surface area contributed by atoms with E-state index in [1.165, 1.54) is 37.6 Å². The molecule has 72 heavy (non-hydrogen) atoms. The number of ether oxygens (including phenoxy) is 2. The predicted molar refractivity (Wildman–Crippen MR) is 266 cm³/mol. The summed E-state index contributed by atoms with van der Waals surface area (Å²) in [6.07, 6.45) is 8.99. The number of amides is 3. The average molecular weight is 1010 g/mol. The van der Waals surface area contributed by atoms with Crippen LogP contribution < -0.4 is 41.8 Å². The number of hydrogen-bond donors (Lipinski definition) is 7. The van der Waals surface area contributed by atoms with Crippen LogP contribution >= 0.6 is 11.6 Å². The number of carbonyl (C=O) groups is 4. The van der Waals surface area contributed by atoms with E-state index in [0.717, 1.165) is 37.1 Å². The van der Waals surface area contributed by atoms with E-state index in [4.69, 9.17) is 41.1 Å². The van der Waals surface area contributed by atoms with Crippen LogP contribution in [0.15, 0.2) is 71.6 Å². The highest BCUT2D eigenvalue weighted by molar-refractivity contribution is 6.36. The minimum Gasteiger partial charge on any atom is -0.483 e. The van der Waals surface area contributed by atoms with Gasteiger partial charge in [0.25, 0.3) is 24.1 Å². The minimum absolute atomic E-state index is 0.0524. The van der Waals surface area contributed by atoms with Gasteiger partial charge in [-0.2, -0.15) is 29.4 Å². The Morgan fingerprint density at radius 3 is 2.19 bits per heavy atom. The largest absolute Gasteiger partial charge is 0.483 e. The second kappa shape index (κ2) is 25.0. The molecule has 5 aromatic heterocycles. The zero-order valence-electron chi connectivity index (χ0n) is 39.6. The summed E-state index contributed by atoms with van der Waals surface area (Å²) < 4.78 is 17.7. The first-order chi connectivity index (χ1) is 35.0. The zero-order chi connectivity index (χ0) is 51.0. The first-order valence-corrected chi connectivity index (χ1v) is 23.1. The Hall–Kier alpha value is -8.35. The lowest BCUT2D eigenvalue weighted by molar-refractivity contribution is -0.123. The van der Waals surface area contributed by atoms with Crippen LogP contribution in [0.5, 0.6) is 11.8 Å². The van der Waals surface area contributed by atoms with Crippen LogP contribution in [-0.2, 0) is 22.7 Å². The first kappa shape index (κ1) is 51.5. The molecule has 1 saturated heterocycles. The molecule has 376 valence electrons. The molecule has 3 amide bonds. The average Bonchev–Trinajstić information content (AvgIpc) is 4.09. The summed E-state index contributed by atoms with van der Waals surface area (Å²) >= 11 is 6.93. The number of nitrogens with one attached hydrogen (secondary N) is 5. The number of nitrogen functional groups attached to an aromatic ring is 1. The number of likely N-dealkylation sites (tertiary alicyclic amines) is 1. The van der Waals surface area contributed by atoms with Gasteiger partial charge in [-0.25, -0.2) is 9.97 Å². The standard InChI is InChI=1S/C46H51ClN16O6.CH2O2/c1-27-30(31-12-8-14-33(36(31)47)55-41(66)39-53-25-29(43(57-39)68-3)26-62-20-5-4-6-21-62)11-7-13-32(27)54-40(65)38-52-24-28(42(56-38)67-2)23-49-18-19-50-35(64)16-9-17-51-45-59-44(48)63-46(60-45)58-37(61-63)34-15-10-22-69-34;2-1-3/h7-8,10-15,22,24-25,49H,4-6,9,16-21,23,26H2,1-3H3,(H,50,64)(H,54,65)(H,55,66)(H3,48,51,58,59,60,61);1H,(H,2,3). The summed E-state index contributed by atoms with van der Waals surface area (Å²) in [6.45, 7) is 5.81. The molecule has 25 heteroatoms. The van der Waals surface area contributed by atoms with Gasteiger partial charge in [0.1, 0.15) is 0 Å². The lowest BCUT2D eigenvalue weighted by atomic mass is 9.98. The first-order valence-electron chi connectivity index (χ1n) is 22.8. The van der Waals surface area contributed by atoms with Crippen molar-refractivity contribution in [1.29, 1.82) is 0 Å². The number of halogens is 1. The van der Waals surface area contributed by atoms with E-state index in [1.54, 1.807) is 42.6 Å². The number of carbonyl (C=O) groups excluding carboxylic acids is 3. The highest BCUT2D eigenvalue weighted by Gasteiger charge is 2.22. The van der Waals surface area contributed by atoms with Crippen LogP contribution in [-0.4, -0.2) is 126 Å². The van der Waals surface area contributed by atoms with Crippen LogP contribution in [0.3, 0.4) is 0 Å².